The van der Waals surface area contributed by atoms with E-state index in [-0.39, 0.29) is 0 Å². The van der Waals surface area contributed by atoms with Crippen LogP contribution in [0.2, 0.25) is 0 Å². The van der Waals surface area contributed by atoms with Crippen molar-refractivity contribution in [1.82, 2.24) is 0 Å². The highest BCUT2D eigenvalue weighted by Crippen LogP contribution is 2.43. The molecule has 0 aromatic rings. The van der Waals surface area contributed by atoms with Gasteiger partial charge in [-0.15, -0.1) is 0 Å². The molecule has 0 bridgehead atoms. The van der Waals surface area contributed by atoms with Gasteiger partial charge in [-0.2, -0.15) is 0 Å². The Morgan fingerprint density at radius 3 is 2.06 bits per heavy atom. The Hall–Kier alpha value is 0. The van der Waals surface area contributed by atoms with Crippen molar-refractivity contribution in [3.05, 3.63) is 0 Å². The molecule has 2 rings (SSSR count). The fourth-order valence-corrected chi connectivity index (χ4v) is 4.55. The van der Waals surface area contributed by atoms with Gasteiger partial charge in [-0.3, -0.25) is 0 Å². The van der Waals surface area contributed by atoms with Crippen LogP contribution in [0.15, 0.2) is 0 Å². The van der Waals surface area contributed by atoms with Crippen molar-refractivity contribution >= 4 is 0 Å². The standard InChI is InChI=1S/C18H34/c1-3-16-9-8-10-17(12-11-16)15-18(2)13-6-4-5-7-14-18/h16-17H,3-15H2,1-2H3. The first-order chi connectivity index (χ1) is 8.72. The second-order valence-corrected chi connectivity index (χ2v) is 7.58. The summed E-state index contributed by atoms with van der Waals surface area (Å²) in [6.07, 6.45) is 19.6. The third-order valence-electron chi connectivity index (χ3n) is 5.88. The van der Waals surface area contributed by atoms with E-state index in [1.165, 1.54) is 77.0 Å². The number of rotatable bonds is 3. The Kier molecular flexibility index (Phi) is 5.57. The highest BCUT2D eigenvalue weighted by molar-refractivity contribution is 4.82. The highest BCUT2D eigenvalue weighted by Gasteiger charge is 2.29. The van der Waals surface area contributed by atoms with Gasteiger partial charge in [0.1, 0.15) is 0 Å². The monoisotopic (exact) mass is 250 g/mol. The van der Waals surface area contributed by atoms with Crippen LogP contribution in [0.5, 0.6) is 0 Å². The highest BCUT2D eigenvalue weighted by atomic mass is 14.3. The van der Waals surface area contributed by atoms with Gasteiger partial charge in [0.25, 0.3) is 0 Å². The summed E-state index contributed by atoms with van der Waals surface area (Å²) in [5, 5.41) is 0. The second-order valence-electron chi connectivity index (χ2n) is 7.58. The van der Waals surface area contributed by atoms with Crippen molar-refractivity contribution in [2.45, 2.75) is 97.3 Å². The largest absolute Gasteiger partial charge is 0.0651 e. The van der Waals surface area contributed by atoms with Crippen molar-refractivity contribution in [3.63, 3.8) is 0 Å². The molecule has 0 heteroatoms. The van der Waals surface area contributed by atoms with Gasteiger partial charge in [0.15, 0.2) is 0 Å². The van der Waals surface area contributed by atoms with E-state index in [2.05, 4.69) is 13.8 Å². The summed E-state index contributed by atoms with van der Waals surface area (Å²) in [7, 11) is 0. The van der Waals surface area contributed by atoms with Crippen LogP contribution in [0, 0.1) is 17.3 Å². The minimum absolute atomic E-state index is 0.702. The zero-order valence-electron chi connectivity index (χ0n) is 12.8. The van der Waals surface area contributed by atoms with Crippen molar-refractivity contribution in [1.29, 1.82) is 0 Å². The normalized spacial score (nSPS) is 33.7. The summed E-state index contributed by atoms with van der Waals surface area (Å²) in [5.74, 6) is 2.11. The van der Waals surface area contributed by atoms with Crippen LogP contribution in [0.25, 0.3) is 0 Å². The molecule has 2 fully saturated rings. The van der Waals surface area contributed by atoms with E-state index in [9.17, 15) is 0 Å². The lowest BCUT2D eigenvalue weighted by Crippen LogP contribution is -2.20. The molecule has 2 aliphatic rings. The quantitative estimate of drug-likeness (QED) is 0.512. The van der Waals surface area contributed by atoms with Crippen LogP contribution in [0.4, 0.5) is 0 Å². The first kappa shape index (κ1) is 14.4. The van der Waals surface area contributed by atoms with Crippen molar-refractivity contribution in [2.75, 3.05) is 0 Å². The summed E-state index contributed by atoms with van der Waals surface area (Å²) >= 11 is 0. The van der Waals surface area contributed by atoms with E-state index in [0.29, 0.717) is 5.41 Å². The third kappa shape index (κ3) is 4.28. The Bertz CT molecular complexity index is 222. The molecule has 0 saturated heterocycles. The molecule has 2 saturated carbocycles. The van der Waals surface area contributed by atoms with E-state index in [1.807, 2.05) is 0 Å². The number of hydrogen-bond donors (Lipinski definition) is 0. The molecule has 0 amide bonds. The zero-order chi connectivity index (χ0) is 12.8. The average molecular weight is 250 g/mol. The Morgan fingerprint density at radius 2 is 1.39 bits per heavy atom. The molecule has 0 spiro atoms. The van der Waals surface area contributed by atoms with Crippen LogP contribution in [0.3, 0.4) is 0 Å². The molecule has 0 radical (unpaired) electrons. The predicted molar refractivity (Wildman–Crippen MR) is 80.8 cm³/mol. The summed E-state index contributed by atoms with van der Waals surface area (Å²) < 4.78 is 0. The molecule has 2 unspecified atom stereocenters. The predicted octanol–water partition coefficient (Wildman–Crippen LogP) is 6.34. The Morgan fingerprint density at radius 1 is 0.778 bits per heavy atom. The first-order valence-corrected chi connectivity index (χ1v) is 8.72. The summed E-state index contributed by atoms with van der Waals surface area (Å²) in [4.78, 5) is 0. The smallest absolute Gasteiger partial charge is 0.0323 e. The SMILES string of the molecule is CCC1CCCC(CC2(C)CCCCCC2)CC1. The van der Waals surface area contributed by atoms with Gasteiger partial charge < -0.3 is 0 Å². The molecule has 0 aromatic heterocycles. The fraction of sp³-hybridized carbons (Fsp3) is 1.00. The lowest BCUT2D eigenvalue weighted by Gasteiger charge is -2.32. The van der Waals surface area contributed by atoms with Crippen LogP contribution in [-0.4, -0.2) is 0 Å². The molecular formula is C18H34. The van der Waals surface area contributed by atoms with E-state index < -0.39 is 0 Å². The van der Waals surface area contributed by atoms with Gasteiger partial charge >= 0.3 is 0 Å². The zero-order valence-corrected chi connectivity index (χ0v) is 12.8. The first-order valence-electron chi connectivity index (χ1n) is 8.72. The van der Waals surface area contributed by atoms with E-state index >= 15 is 0 Å². The molecule has 0 aromatic carbocycles. The van der Waals surface area contributed by atoms with E-state index in [1.54, 1.807) is 6.42 Å². The van der Waals surface area contributed by atoms with Gasteiger partial charge in [0, 0.05) is 0 Å². The van der Waals surface area contributed by atoms with Crippen molar-refractivity contribution in [2.24, 2.45) is 17.3 Å². The summed E-state index contributed by atoms with van der Waals surface area (Å²) in [6, 6.07) is 0. The van der Waals surface area contributed by atoms with Crippen molar-refractivity contribution < 1.29 is 0 Å². The molecule has 2 atom stereocenters. The van der Waals surface area contributed by atoms with Gasteiger partial charge in [-0.1, -0.05) is 78.1 Å². The molecule has 2 aliphatic carbocycles. The Balaban J connectivity index is 1.83. The Labute approximate surface area is 115 Å². The maximum absolute atomic E-state index is 2.60. The van der Waals surface area contributed by atoms with Crippen LogP contribution >= 0.6 is 0 Å². The molecule has 0 aliphatic heterocycles. The molecule has 106 valence electrons. The lowest BCUT2D eigenvalue weighted by molar-refractivity contribution is 0.195. The second kappa shape index (κ2) is 6.96. The minimum Gasteiger partial charge on any atom is -0.0651 e. The topological polar surface area (TPSA) is 0 Å². The van der Waals surface area contributed by atoms with Gasteiger partial charge in [-0.25, -0.2) is 0 Å². The van der Waals surface area contributed by atoms with Gasteiger partial charge in [-0.05, 0) is 36.5 Å². The maximum Gasteiger partial charge on any atom is -0.0323 e. The van der Waals surface area contributed by atoms with E-state index in [4.69, 9.17) is 0 Å². The van der Waals surface area contributed by atoms with Crippen molar-refractivity contribution in [3.8, 4) is 0 Å². The summed E-state index contributed by atoms with van der Waals surface area (Å²) in [6.45, 7) is 4.98. The number of hydrogen-bond acceptors (Lipinski definition) is 0. The average Bonchev–Trinajstić information content (AvgIpc) is 2.70. The van der Waals surface area contributed by atoms with Gasteiger partial charge in [0.2, 0.25) is 0 Å². The molecular weight excluding hydrogens is 216 g/mol. The minimum atomic E-state index is 0.702. The molecule has 0 nitrogen and oxygen atoms in total. The molecule has 0 heterocycles. The third-order valence-corrected chi connectivity index (χ3v) is 5.88. The van der Waals surface area contributed by atoms with Gasteiger partial charge in [0.05, 0.1) is 0 Å². The maximum atomic E-state index is 2.60. The molecule has 18 heavy (non-hydrogen) atoms. The van der Waals surface area contributed by atoms with Crippen LogP contribution in [-0.2, 0) is 0 Å². The van der Waals surface area contributed by atoms with E-state index in [0.717, 1.165) is 11.8 Å². The van der Waals surface area contributed by atoms with Crippen LogP contribution in [0.1, 0.15) is 97.3 Å². The lowest BCUT2D eigenvalue weighted by atomic mass is 9.73. The van der Waals surface area contributed by atoms with Crippen LogP contribution < -0.4 is 0 Å². The summed E-state index contributed by atoms with van der Waals surface area (Å²) in [5.41, 5.74) is 0.702. The fourth-order valence-electron chi connectivity index (χ4n) is 4.55. The molecule has 0 N–H and O–H groups in total.